The van der Waals surface area contributed by atoms with Gasteiger partial charge in [-0.05, 0) is 57.0 Å². The van der Waals surface area contributed by atoms with Crippen LogP contribution in [0.1, 0.15) is 31.9 Å². The molecule has 2 saturated heterocycles. The number of hydrogen-bond acceptors (Lipinski definition) is 4. The topological polar surface area (TPSA) is 94.3 Å². The Kier molecular flexibility index (Phi) is 4.36. The second-order valence-corrected chi connectivity index (χ2v) is 10.9. The lowest BCUT2D eigenvalue weighted by Gasteiger charge is -2.34. The third kappa shape index (κ3) is 2.71. The van der Waals surface area contributed by atoms with Gasteiger partial charge in [-0.15, -0.1) is 0 Å². The van der Waals surface area contributed by atoms with Crippen molar-refractivity contribution in [3.8, 4) is 0 Å². The fourth-order valence-electron chi connectivity index (χ4n) is 6.15. The zero-order valence-electron chi connectivity index (χ0n) is 19.1. The molecule has 8 heteroatoms. The number of halogens is 1. The second kappa shape index (κ2) is 6.93. The summed E-state index contributed by atoms with van der Waals surface area (Å²) in [6, 6.07) is 12.7. The minimum Gasteiger partial charge on any atom is -0.361 e. The minimum atomic E-state index is -1.35. The van der Waals surface area contributed by atoms with Gasteiger partial charge in [-0.1, -0.05) is 29.8 Å². The van der Waals surface area contributed by atoms with E-state index in [-0.39, 0.29) is 17.7 Å². The minimum absolute atomic E-state index is 0.236. The van der Waals surface area contributed by atoms with Crippen LogP contribution in [-0.4, -0.2) is 39.2 Å². The number of carbonyl (C=O) groups is 3. The Morgan fingerprint density at radius 3 is 2.59 bits per heavy atom. The predicted molar refractivity (Wildman–Crippen MR) is 129 cm³/mol. The van der Waals surface area contributed by atoms with E-state index in [1.54, 1.807) is 18.2 Å². The summed E-state index contributed by atoms with van der Waals surface area (Å²) in [7, 11) is 0. The molecular weight excluding hydrogens is 452 g/mol. The van der Waals surface area contributed by atoms with Gasteiger partial charge in [0.25, 0.3) is 0 Å². The molecule has 1 spiro atoms. The number of fused-ring (bicyclic) bond motifs is 5. The van der Waals surface area contributed by atoms with Crippen molar-refractivity contribution >= 4 is 45.9 Å². The largest absolute Gasteiger partial charge is 0.361 e. The van der Waals surface area contributed by atoms with Crippen molar-refractivity contribution in [2.45, 2.75) is 44.3 Å². The standard InChI is InChI=1S/C26H25ClN4O3/c1-25(2,3)31-22(32)20-19(10-13-12-28-17-7-5-4-6-15(13)17)30-26(21(20)23(31)33)16-11-14(27)8-9-18(16)29-24(26)34/h4-9,11-12,19-21,28,30H,10H2,1-3H3,(H,29,34)/t19-,20+,21+,26-/m1/s1. The van der Waals surface area contributed by atoms with E-state index in [1.165, 1.54) is 4.90 Å². The molecule has 3 aliphatic rings. The Bertz CT molecular complexity index is 1390. The highest BCUT2D eigenvalue weighted by molar-refractivity contribution is 6.31. The lowest BCUT2D eigenvalue weighted by molar-refractivity contribution is -0.147. The second-order valence-electron chi connectivity index (χ2n) is 10.5. The van der Waals surface area contributed by atoms with E-state index in [1.807, 2.05) is 51.2 Å². The maximum absolute atomic E-state index is 13.9. The van der Waals surface area contributed by atoms with Gasteiger partial charge in [0.2, 0.25) is 17.7 Å². The molecule has 2 aromatic carbocycles. The number of nitrogens with zero attached hydrogens (tertiary/aromatic N) is 1. The molecular formula is C26H25ClN4O3. The van der Waals surface area contributed by atoms with Crippen molar-refractivity contribution in [3.63, 3.8) is 0 Å². The molecule has 3 N–H and O–H groups in total. The van der Waals surface area contributed by atoms with Crippen molar-refractivity contribution in [2.75, 3.05) is 5.32 Å². The van der Waals surface area contributed by atoms with Crippen LogP contribution < -0.4 is 10.6 Å². The summed E-state index contributed by atoms with van der Waals surface area (Å²) in [5.74, 6) is -2.40. The molecule has 6 rings (SSSR count). The monoisotopic (exact) mass is 476 g/mol. The molecule has 3 aromatic rings. The number of para-hydroxylation sites is 1. The highest BCUT2D eigenvalue weighted by Gasteiger charge is 2.71. The van der Waals surface area contributed by atoms with E-state index >= 15 is 0 Å². The molecule has 3 amide bonds. The van der Waals surface area contributed by atoms with Crippen LogP contribution in [0.3, 0.4) is 0 Å². The van der Waals surface area contributed by atoms with Crippen molar-refractivity contribution in [2.24, 2.45) is 11.8 Å². The van der Waals surface area contributed by atoms with Gasteiger partial charge in [0.1, 0.15) is 5.54 Å². The molecule has 7 nitrogen and oxygen atoms in total. The maximum Gasteiger partial charge on any atom is 0.250 e. The fraction of sp³-hybridized carbons (Fsp3) is 0.346. The molecule has 0 saturated carbocycles. The van der Waals surface area contributed by atoms with Crippen LogP contribution in [0.25, 0.3) is 10.9 Å². The van der Waals surface area contributed by atoms with Gasteiger partial charge < -0.3 is 10.3 Å². The van der Waals surface area contributed by atoms with Crippen LogP contribution in [0.5, 0.6) is 0 Å². The van der Waals surface area contributed by atoms with E-state index < -0.39 is 29.0 Å². The van der Waals surface area contributed by atoms with E-state index in [2.05, 4.69) is 15.6 Å². The number of carbonyl (C=O) groups excluding carboxylic acids is 3. The number of anilines is 1. The zero-order chi connectivity index (χ0) is 24.0. The Labute approximate surface area is 201 Å². The zero-order valence-corrected chi connectivity index (χ0v) is 19.9. The highest BCUT2D eigenvalue weighted by atomic mass is 35.5. The first-order valence-corrected chi connectivity index (χ1v) is 11.8. The third-order valence-electron chi connectivity index (χ3n) is 7.46. The summed E-state index contributed by atoms with van der Waals surface area (Å²) in [6.07, 6.45) is 2.43. The molecule has 174 valence electrons. The average Bonchev–Trinajstić information content (AvgIpc) is 3.47. The van der Waals surface area contributed by atoms with Crippen molar-refractivity contribution < 1.29 is 14.4 Å². The van der Waals surface area contributed by atoms with Gasteiger partial charge >= 0.3 is 0 Å². The summed E-state index contributed by atoms with van der Waals surface area (Å²) in [5.41, 5.74) is 1.22. The maximum atomic E-state index is 13.9. The van der Waals surface area contributed by atoms with Gasteiger partial charge in [-0.2, -0.15) is 0 Å². The fourth-order valence-corrected chi connectivity index (χ4v) is 6.32. The van der Waals surface area contributed by atoms with E-state index in [0.717, 1.165) is 16.5 Å². The molecule has 3 aliphatic heterocycles. The highest BCUT2D eigenvalue weighted by Crippen LogP contribution is 2.54. The first-order chi connectivity index (χ1) is 16.1. The predicted octanol–water partition coefficient (Wildman–Crippen LogP) is 3.58. The number of benzene rings is 2. The van der Waals surface area contributed by atoms with Crippen LogP contribution in [0, 0.1) is 11.8 Å². The number of rotatable bonds is 2. The number of H-pyrrole nitrogens is 1. The van der Waals surface area contributed by atoms with E-state index in [4.69, 9.17) is 11.6 Å². The molecule has 1 aromatic heterocycles. The van der Waals surface area contributed by atoms with Gasteiger partial charge in [-0.3, -0.25) is 24.6 Å². The van der Waals surface area contributed by atoms with Gasteiger partial charge in [0.05, 0.1) is 11.8 Å². The molecule has 0 unspecified atom stereocenters. The van der Waals surface area contributed by atoms with Crippen molar-refractivity contribution in [1.82, 2.24) is 15.2 Å². The van der Waals surface area contributed by atoms with E-state index in [0.29, 0.717) is 22.7 Å². The summed E-state index contributed by atoms with van der Waals surface area (Å²) in [6.45, 7) is 5.54. The normalized spacial score (nSPS) is 28.2. The molecule has 0 bridgehead atoms. The summed E-state index contributed by atoms with van der Waals surface area (Å²) < 4.78 is 0. The quantitative estimate of drug-likeness (QED) is 0.493. The number of hydrogen-bond donors (Lipinski definition) is 3. The molecule has 2 fully saturated rings. The first kappa shape index (κ1) is 21.4. The summed E-state index contributed by atoms with van der Waals surface area (Å²) in [4.78, 5) is 45.8. The lowest BCUT2D eigenvalue weighted by atomic mass is 9.76. The Morgan fingerprint density at radius 2 is 1.82 bits per heavy atom. The van der Waals surface area contributed by atoms with E-state index in [9.17, 15) is 14.4 Å². The average molecular weight is 477 g/mol. The third-order valence-corrected chi connectivity index (χ3v) is 7.70. The Balaban J connectivity index is 1.51. The number of aromatic nitrogens is 1. The summed E-state index contributed by atoms with van der Waals surface area (Å²) >= 11 is 6.33. The first-order valence-electron chi connectivity index (χ1n) is 11.4. The number of likely N-dealkylation sites (tertiary alicyclic amines) is 1. The van der Waals surface area contributed by atoms with Crippen LogP contribution in [-0.2, 0) is 26.3 Å². The molecule has 4 atom stereocenters. The van der Waals surface area contributed by atoms with Crippen molar-refractivity contribution in [1.29, 1.82) is 0 Å². The summed E-state index contributed by atoms with van der Waals surface area (Å²) in [5, 5.41) is 7.93. The SMILES string of the molecule is CC(C)(C)N1C(=O)[C@@H]2[C@@H](C1=O)[C@@]1(N[C@@H]2Cc2c[nH]c3ccccc23)C(=O)Nc2ccc(Cl)cc21. The van der Waals surface area contributed by atoms with Crippen LogP contribution in [0.15, 0.2) is 48.7 Å². The number of nitrogens with one attached hydrogen (secondary N) is 3. The molecule has 34 heavy (non-hydrogen) atoms. The van der Waals surface area contributed by atoms with Crippen LogP contribution in [0.2, 0.25) is 5.02 Å². The van der Waals surface area contributed by atoms with Gasteiger partial charge in [0, 0.05) is 45.0 Å². The van der Waals surface area contributed by atoms with Gasteiger partial charge in [-0.25, -0.2) is 0 Å². The molecule has 4 heterocycles. The molecule has 0 radical (unpaired) electrons. The smallest absolute Gasteiger partial charge is 0.250 e. The number of imide groups is 1. The molecule has 0 aliphatic carbocycles. The van der Waals surface area contributed by atoms with Crippen LogP contribution in [0.4, 0.5) is 5.69 Å². The Morgan fingerprint density at radius 1 is 1.06 bits per heavy atom. The number of amides is 3. The number of aromatic amines is 1. The van der Waals surface area contributed by atoms with Crippen molar-refractivity contribution in [3.05, 3.63) is 64.8 Å². The van der Waals surface area contributed by atoms with Gasteiger partial charge in [0.15, 0.2) is 0 Å². The Hall–Kier alpha value is -3.16. The lowest BCUT2D eigenvalue weighted by Crippen LogP contribution is -2.56. The van der Waals surface area contributed by atoms with Crippen LogP contribution >= 0.6 is 11.6 Å².